The number of nitrogens with zero attached hydrogens (tertiary/aromatic N) is 6. The van der Waals surface area contributed by atoms with E-state index in [0.717, 1.165) is 19.4 Å². The van der Waals surface area contributed by atoms with Gasteiger partial charge < -0.3 is 19.0 Å². The molecule has 0 aromatic carbocycles. The van der Waals surface area contributed by atoms with Crippen molar-refractivity contribution < 1.29 is 13.9 Å². The molecule has 2 saturated heterocycles. The van der Waals surface area contributed by atoms with Gasteiger partial charge in [-0.25, -0.2) is 0 Å². The van der Waals surface area contributed by atoms with E-state index in [4.69, 9.17) is 9.15 Å². The van der Waals surface area contributed by atoms with E-state index in [1.54, 1.807) is 12.3 Å². The number of ether oxygens (including phenoxy) is 1. The van der Waals surface area contributed by atoms with Crippen LogP contribution in [0.4, 0.5) is 6.01 Å². The van der Waals surface area contributed by atoms with Crippen LogP contribution < -0.4 is 4.90 Å². The molecule has 0 bridgehead atoms. The molecule has 2 aliphatic rings. The summed E-state index contributed by atoms with van der Waals surface area (Å²) in [5.41, 5.74) is -0.00455. The maximum Gasteiger partial charge on any atom is 0.318 e. The second kappa shape index (κ2) is 6.10. The largest absolute Gasteiger partial charge is 0.408 e. The van der Waals surface area contributed by atoms with Crippen molar-refractivity contribution in [3.05, 3.63) is 17.0 Å². The zero-order valence-corrected chi connectivity index (χ0v) is 14.2. The first-order chi connectivity index (χ1) is 11.7. The minimum absolute atomic E-state index is 0.0859. The molecule has 2 aromatic rings. The second-order valence-corrected chi connectivity index (χ2v) is 6.79. The number of carbonyl (C=O) groups is 1. The predicted octanol–water partition coefficient (Wildman–Crippen LogP) is 0.741. The number of hydrogen-bond acceptors (Lipinski definition) is 9. The van der Waals surface area contributed by atoms with Crippen molar-refractivity contribution in [3.8, 4) is 0 Å². The van der Waals surface area contributed by atoms with E-state index in [1.807, 2.05) is 9.80 Å². The smallest absolute Gasteiger partial charge is 0.318 e. The normalized spacial score (nSPS) is 24.5. The monoisotopic (exact) mass is 350 g/mol. The third kappa shape index (κ3) is 2.86. The van der Waals surface area contributed by atoms with Crippen molar-refractivity contribution in [3.63, 3.8) is 0 Å². The zero-order valence-electron chi connectivity index (χ0n) is 13.3. The standard InChI is InChI=1S/C14H18N6O3S/c1-10-15-17-13(23-10)20-4-2-3-14(9-20)8-19(5-6-22-14)12(21)11-7-24-18-16-11/h7H,2-6,8-9H2,1H3. The van der Waals surface area contributed by atoms with E-state index >= 15 is 0 Å². The number of piperidine rings is 1. The lowest BCUT2D eigenvalue weighted by Crippen LogP contribution is -2.61. The Balaban J connectivity index is 1.50. The highest BCUT2D eigenvalue weighted by atomic mass is 32.1. The highest BCUT2D eigenvalue weighted by Crippen LogP contribution is 2.31. The van der Waals surface area contributed by atoms with E-state index in [2.05, 4.69) is 19.8 Å². The first-order valence-electron chi connectivity index (χ1n) is 7.91. The summed E-state index contributed by atoms with van der Waals surface area (Å²) in [7, 11) is 0. The van der Waals surface area contributed by atoms with Gasteiger partial charge in [0.2, 0.25) is 5.89 Å². The van der Waals surface area contributed by atoms with Gasteiger partial charge in [0, 0.05) is 25.4 Å². The van der Waals surface area contributed by atoms with Crippen LogP contribution in [-0.4, -0.2) is 69.0 Å². The summed E-state index contributed by atoms with van der Waals surface area (Å²) in [5, 5.41) is 13.6. The minimum Gasteiger partial charge on any atom is -0.408 e. The first kappa shape index (κ1) is 15.5. The second-order valence-electron chi connectivity index (χ2n) is 6.18. The van der Waals surface area contributed by atoms with Crippen molar-refractivity contribution in [1.29, 1.82) is 0 Å². The first-order valence-corrected chi connectivity index (χ1v) is 8.74. The van der Waals surface area contributed by atoms with Crippen LogP contribution >= 0.6 is 11.5 Å². The molecule has 9 nitrogen and oxygen atoms in total. The zero-order chi connectivity index (χ0) is 16.6. The van der Waals surface area contributed by atoms with E-state index in [0.29, 0.717) is 43.8 Å². The molecular weight excluding hydrogens is 332 g/mol. The molecule has 0 saturated carbocycles. The Morgan fingerprint density at radius 1 is 1.29 bits per heavy atom. The molecule has 0 N–H and O–H groups in total. The van der Waals surface area contributed by atoms with Gasteiger partial charge in [0.05, 0.1) is 19.7 Å². The number of carbonyl (C=O) groups excluding carboxylic acids is 1. The molecular formula is C14H18N6O3S. The lowest BCUT2D eigenvalue weighted by atomic mass is 9.91. The van der Waals surface area contributed by atoms with Gasteiger partial charge in [-0.2, -0.15) is 0 Å². The van der Waals surface area contributed by atoms with Crippen molar-refractivity contribution in [2.24, 2.45) is 0 Å². The summed E-state index contributed by atoms with van der Waals surface area (Å²) in [6, 6.07) is 0.516. The summed E-state index contributed by atoms with van der Waals surface area (Å²) in [4.78, 5) is 16.4. The Morgan fingerprint density at radius 3 is 2.96 bits per heavy atom. The van der Waals surface area contributed by atoms with Gasteiger partial charge in [0.1, 0.15) is 5.60 Å². The molecule has 4 heterocycles. The summed E-state index contributed by atoms with van der Waals surface area (Å²) in [5.74, 6) is 0.458. The Kier molecular flexibility index (Phi) is 3.93. The predicted molar refractivity (Wildman–Crippen MR) is 85.0 cm³/mol. The van der Waals surface area contributed by atoms with E-state index in [-0.39, 0.29) is 5.91 Å². The Hall–Kier alpha value is -2.07. The van der Waals surface area contributed by atoms with Gasteiger partial charge in [-0.3, -0.25) is 4.79 Å². The summed E-state index contributed by atoms with van der Waals surface area (Å²) in [6.45, 7) is 4.87. The number of anilines is 1. The van der Waals surface area contributed by atoms with Crippen LogP contribution in [-0.2, 0) is 4.74 Å². The number of hydrogen-bond donors (Lipinski definition) is 0. The molecule has 1 atom stereocenters. The molecule has 10 heteroatoms. The van der Waals surface area contributed by atoms with Gasteiger partial charge in [-0.15, -0.1) is 10.2 Å². The molecule has 128 valence electrons. The van der Waals surface area contributed by atoms with Crippen LogP contribution in [0.1, 0.15) is 29.2 Å². The lowest BCUT2D eigenvalue weighted by Gasteiger charge is -2.47. The van der Waals surface area contributed by atoms with Gasteiger partial charge in [-0.05, 0) is 24.4 Å². The van der Waals surface area contributed by atoms with Crippen molar-refractivity contribution >= 4 is 23.5 Å². The minimum atomic E-state index is -0.405. The van der Waals surface area contributed by atoms with Crippen LogP contribution in [0, 0.1) is 6.92 Å². The third-order valence-corrected chi connectivity index (χ3v) is 4.94. The van der Waals surface area contributed by atoms with Crippen LogP contribution in [0.3, 0.4) is 0 Å². The van der Waals surface area contributed by atoms with E-state index in [1.165, 1.54) is 11.5 Å². The maximum atomic E-state index is 12.6. The maximum absolute atomic E-state index is 12.6. The Bertz CT molecular complexity index is 716. The highest BCUT2D eigenvalue weighted by Gasteiger charge is 2.43. The number of morpholine rings is 1. The van der Waals surface area contributed by atoms with Crippen LogP contribution in [0.15, 0.2) is 9.80 Å². The van der Waals surface area contributed by atoms with Crippen molar-refractivity contribution in [2.75, 3.05) is 37.7 Å². The fraction of sp³-hybridized carbons (Fsp3) is 0.643. The number of amides is 1. The quantitative estimate of drug-likeness (QED) is 0.782. The van der Waals surface area contributed by atoms with Crippen molar-refractivity contribution in [1.82, 2.24) is 24.7 Å². The Labute approximate surface area is 142 Å². The van der Waals surface area contributed by atoms with Crippen LogP contribution in [0.2, 0.25) is 0 Å². The molecule has 4 rings (SSSR count). The number of aromatic nitrogens is 4. The average molecular weight is 350 g/mol. The fourth-order valence-corrected chi connectivity index (χ4v) is 3.79. The molecule has 1 amide bonds. The van der Waals surface area contributed by atoms with Gasteiger partial charge in [0.25, 0.3) is 5.91 Å². The van der Waals surface area contributed by atoms with Crippen molar-refractivity contribution in [2.45, 2.75) is 25.4 Å². The third-order valence-electron chi connectivity index (χ3n) is 4.44. The molecule has 2 aliphatic heterocycles. The lowest BCUT2D eigenvalue weighted by molar-refractivity contribution is -0.105. The molecule has 2 fully saturated rings. The molecule has 24 heavy (non-hydrogen) atoms. The summed E-state index contributed by atoms with van der Waals surface area (Å²) in [6.07, 6.45) is 1.84. The number of aryl methyl sites for hydroxylation is 1. The van der Waals surface area contributed by atoms with Crippen LogP contribution in [0.25, 0.3) is 0 Å². The Morgan fingerprint density at radius 2 is 2.21 bits per heavy atom. The summed E-state index contributed by atoms with van der Waals surface area (Å²) < 4.78 is 15.4. The molecule has 2 aromatic heterocycles. The fourth-order valence-electron chi connectivity index (χ4n) is 3.36. The molecule has 0 radical (unpaired) electrons. The van der Waals surface area contributed by atoms with E-state index in [9.17, 15) is 4.79 Å². The topological polar surface area (TPSA) is 97.5 Å². The van der Waals surface area contributed by atoms with Gasteiger partial charge >= 0.3 is 6.01 Å². The molecule has 1 spiro atoms. The highest BCUT2D eigenvalue weighted by molar-refractivity contribution is 7.03. The number of rotatable bonds is 2. The molecule has 1 unspecified atom stereocenters. The van der Waals surface area contributed by atoms with Crippen LogP contribution in [0.5, 0.6) is 0 Å². The SMILES string of the molecule is Cc1nnc(N2CCCC3(CN(C(=O)c4csnn4)CCO3)C2)o1. The van der Waals surface area contributed by atoms with E-state index < -0.39 is 5.60 Å². The average Bonchev–Trinajstić information content (AvgIpc) is 3.26. The molecule has 0 aliphatic carbocycles. The van der Waals surface area contributed by atoms with Gasteiger partial charge in [0.15, 0.2) is 5.69 Å². The van der Waals surface area contributed by atoms with Gasteiger partial charge in [-0.1, -0.05) is 9.59 Å². The summed E-state index contributed by atoms with van der Waals surface area (Å²) >= 11 is 1.18.